The maximum absolute atomic E-state index is 12.2. The van der Waals surface area contributed by atoms with E-state index in [1.165, 1.54) is 25.5 Å². The summed E-state index contributed by atoms with van der Waals surface area (Å²) in [5.41, 5.74) is 3.47. The number of nitro benzene ring substituents is 1. The molecule has 0 saturated heterocycles. The Hall–Kier alpha value is -2.73. The van der Waals surface area contributed by atoms with Crippen molar-refractivity contribution in [3.63, 3.8) is 0 Å². The molecule has 0 radical (unpaired) electrons. The molecule has 148 valence electrons. The quantitative estimate of drug-likeness (QED) is 0.195. The minimum Gasteiger partial charge on any atom is -0.496 e. The average Bonchev–Trinajstić information content (AvgIpc) is 3.16. The van der Waals surface area contributed by atoms with E-state index in [1.807, 2.05) is 0 Å². The van der Waals surface area contributed by atoms with Crippen LogP contribution in [0.1, 0.15) is 16.1 Å². The first kappa shape index (κ1) is 21.0. The fourth-order valence-electron chi connectivity index (χ4n) is 2.40. The zero-order chi connectivity index (χ0) is 21.0. The number of nitrogens with zero attached hydrogens (tertiary/aromatic N) is 2. The molecule has 3 aromatic rings. The molecule has 10 heteroatoms. The summed E-state index contributed by atoms with van der Waals surface area (Å²) in [4.78, 5) is 22.6. The molecule has 1 heterocycles. The second-order valence-corrected chi connectivity index (χ2v) is 7.69. The number of amides is 1. The topological polar surface area (TPSA) is 107 Å². The van der Waals surface area contributed by atoms with Crippen molar-refractivity contribution in [3.8, 4) is 17.1 Å². The number of ether oxygens (including phenoxy) is 1. The molecule has 1 N–H and O–H groups in total. The number of hydrogen-bond acceptors (Lipinski definition) is 6. The van der Waals surface area contributed by atoms with Gasteiger partial charge in [0.1, 0.15) is 17.3 Å². The Balaban J connectivity index is 1.69. The van der Waals surface area contributed by atoms with Crippen molar-refractivity contribution < 1.29 is 18.9 Å². The maximum Gasteiger partial charge on any atom is 0.271 e. The summed E-state index contributed by atoms with van der Waals surface area (Å²) >= 11 is 5.43. The van der Waals surface area contributed by atoms with Crippen molar-refractivity contribution in [2.75, 3.05) is 7.11 Å². The Morgan fingerprint density at radius 2 is 2.07 bits per heavy atom. The maximum atomic E-state index is 12.2. The van der Waals surface area contributed by atoms with E-state index >= 15 is 0 Å². The van der Waals surface area contributed by atoms with E-state index in [9.17, 15) is 14.9 Å². The van der Waals surface area contributed by atoms with Crippen LogP contribution < -0.4 is 10.2 Å². The number of methoxy groups -OCH3 is 1. The molecule has 0 bridgehead atoms. The van der Waals surface area contributed by atoms with Gasteiger partial charge in [0.15, 0.2) is 0 Å². The number of rotatable bonds is 6. The van der Waals surface area contributed by atoms with Crippen LogP contribution in [0.5, 0.6) is 5.75 Å². The van der Waals surface area contributed by atoms with Crippen molar-refractivity contribution in [2.24, 2.45) is 5.10 Å². The van der Waals surface area contributed by atoms with Gasteiger partial charge in [0.2, 0.25) is 0 Å². The van der Waals surface area contributed by atoms with Crippen LogP contribution in [0.15, 0.2) is 62.5 Å². The number of hydrazone groups is 1. The number of hydrogen-bond donors (Lipinski definition) is 1. The smallest absolute Gasteiger partial charge is 0.271 e. The van der Waals surface area contributed by atoms with Crippen LogP contribution in [0.4, 0.5) is 5.69 Å². The van der Waals surface area contributed by atoms with Gasteiger partial charge in [0.25, 0.3) is 11.6 Å². The largest absolute Gasteiger partial charge is 0.496 e. The molecule has 0 fully saturated rings. The van der Waals surface area contributed by atoms with Crippen LogP contribution in [0.2, 0.25) is 0 Å². The third kappa shape index (κ3) is 5.01. The number of nitro groups is 1. The van der Waals surface area contributed by atoms with Crippen molar-refractivity contribution in [1.29, 1.82) is 0 Å². The van der Waals surface area contributed by atoms with E-state index in [0.717, 1.165) is 3.57 Å². The van der Waals surface area contributed by atoms with E-state index < -0.39 is 4.92 Å². The van der Waals surface area contributed by atoms with E-state index in [2.05, 4.69) is 49.0 Å². The Bertz CT molecular complexity index is 1110. The molecule has 0 aliphatic heterocycles. The summed E-state index contributed by atoms with van der Waals surface area (Å²) in [6.45, 7) is 0. The van der Waals surface area contributed by atoms with Crippen molar-refractivity contribution in [1.82, 2.24) is 5.43 Å². The highest BCUT2D eigenvalue weighted by Crippen LogP contribution is 2.32. The number of benzene rings is 2. The van der Waals surface area contributed by atoms with E-state index in [1.54, 1.807) is 36.4 Å². The standard InChI is InChI=1S/C19H13BrIN3O5/c1-28-18-8-11(2-6-16(18)21)19(25)23-22-10-13-4-7-17(29-13)14-5-3-12(24(26)27)9-15(14)20/h2-10H,1H3,(H,23,25)/b22-10+. The molecule has 1 aromatic heterocycles. The highest BCUT2D eigenvalue weighted by molar-refractivity contribution is 14.1. The highest BCUT2D eigenvalue weighted by atomic mass is 127. The van der Waals surface area contributed by atoms with Gasteiger partial charge in [-0.2, -0.15) is 5.10 Å². The predicted octanol–water partition coefficient (Wildman–Crippen LogP) is 4.99. The monoisotopic (exact) mass is 569 g/mol. The lowest BCUT2D eigenvalue weighted by Gasteiger charge is -2.05. The summed E-state index contributed by atoms with van der Waals surface area (Å²) in [7, 11) is 1.54. The molecule has 0 aliphatic carbocycles. The highest BCUT2D eigenvalue weighted by Gasteiger charge is 2.13. The minimum atomic E-state index is -0.472. The lowest BCUT2D eigenvalue weighted by Crippen LogP contribution is -2.17. The van der Waals surface area contributed by atoms with E-state index in [4.69, 9.17) is 9.15 Å². The van der Waals surface area contributed by atoms with Gasteiger partial charge in [0, 0.05) is 27.7 Å². The molecular weight excluding hydrogens is 557 g/mol. The second-order valence-electron chi connectivity index (χ2n) is 5.67. The number of non-ortho nitro benzene ring substituents is 1. The fraction of sp³-hybridized carbons (Fsp3) is 0.0526. The summed E-state index contributed by atoms with van der Waals surface area (Å²) < 4.78 is 12.3. The third-order valence-electron chi connectivity index (χ3n) is 3.83. The van der Waals surface area contributed by atoms with Gasteiger partial charge >= 0.3 is 0 Å². The zero-order valence-corrected chi connectivity index (χ0v) is 18.6. The number of furan rings is 1. The van der Waals surface area contributed by atoms with Crippen LogP contribution in [-0.4, -0.2) is 24.2 Å². The lowest BCUT2D eigenvalue weighted by atomic mass is 10.1. The van der Waals surface area contributed by atoms with Gasteiger partial charge in [-0.05, 0) is 74.9 Å². The molecule has 0 unspecified atom stereocenters. The molecule has 8 nitrogen and oxygen atoms in total. The first-order valence-corrected chi connectivity index (χ1v) is 9.97. The molecule has 29 heavy (non-hydrogen) atoms. The average molecular weight is 570 g/mol. The minimum absolute atomic E-state index is 0.0242. The van der Waals surface area contributed by atoms with Crippen LogP contribution >= 0.6 is 38.5 Å². The van der Waals surface area contributed by atoms with Gasteiger partial charge < -0.3 is 9.15 Å². The van der Waals surface area contributed by atoms with Gasteiger partial charge in [0.05, 0.1) is 21.8 Å². The molecule has 0 saturated carbocycles. The lowest BCUT2D eigenvalue weighted by molar-refractivity contribution is -0.384. The molecule has 0 spiro atoms. The molecular formula is C19H13BrIN3O5. The van der Waals surface area contributed by atoms with Crippen molar-refractivity contribution in [3.05, 3.63) is 78.0 Å². The van der Waals surface area contributed by atoms with Gasteiger partial charge in [-0.15, -0.1) is 0 Å². The first-order chi connectivity index (χ1) is 13.9. The molecule has 1 amide bonds. The Morgan fingerprint density at radius 3 is 2.76 bits per heavy atom. The van der Waals surface area contributed by atoms with Crippen LogP contribution in [0.3, 0.4) is 0 Å². The van der Waals surface area contributed by atoms with Gasteiger partial charge in [-0.3, -0.25) is 14.9 Å². The van der Waals surface area contributed by atoms with Gasteiger partial charge in [-0.1, -0.05) is 0 Å². The Kier molecular flexibility index (Phi) is 6.64. The summed E-state index contributed by atoms with van der Waals surface area (Å²) in [5, 5.41) is 14.7. The van der Waals surface area contributed by atoms with E-state index in [-0.39, 0.29) is 11.6 Å². The summed E-state index contributed by atoms with van der Waals surface area (Å²) in [5.74, 6) is 1.13. The van der Waals surface area contributed by atoms with Crippen LogP contribution in [0, 0.1) is 13.7 Å². The van der Waals surface area contributed by atoms with Gasteiger partial charge in [-0.25, -0.2) is 5.43 Å². The summed E-state index contributed by atoms with van der Waals surface area (Å²) in [6.07, 6.45) is 1.37. The predicted molar refractivity (Wildman–Crippen MR) is 119 cm³/mol. The number of halogens is 2. The molecule has 2 aromatic carbocycles. The summed E-state index contributed by atoms with van der Waals surface area (Å²) in [6, 6.07) is 12.8. The zero-order valence-electron chi connectivity index (χ0n) is 14.9. The number of carbonyl (C=O) groups is 1. The fourth-order valence-corrected chi connectivity index (χ4v) is 3.52. The van der Waals surface area contributed by atoms with Crippen molar-refractivity contribution in [2.45, 2.75) is 0 Å². The Labute approximate surface area is 187 Å². The molecule has 0 atom stereocenters. The number of nitrogens with one attached hydrogen (secondary N) is 1. The first-order valence-electron chi connectivity index (χ1n) is 8.10. The van der Waals surface area contributed by atoms with E-state index in [0.29, 0.717) is 32.9 Å². The SMILES string of the molecule is COc1cc(C(=O)N/N=C/c2ccc(-c3ccc([N+](=O)[O-])cc3Br)o2)ccc1I. The third-order valence-corrected chi connectivity index (χ3v) is 5.37. The van der Waals surface area contributed by atoms with Crippen LogP contribution in [-0.2, 0) is 0 Å². The molecule has 0 aliphatic rings. The normalized spacial score (nSPS) is 10.9. The van der Waals surface area contributed by atoms with Crippen molar-refractivity contribution >= 4 is 56.3 Å². The van der Waals surface area contributed by atoms with Crippen LogP contribution in [0.25, 0.3) is 11.3 Å². The Morgan fingerprint density at radius 1 is 1.28 bits per heavy atom. The molecule has 3 rings (SSSR count). The number of carbonyl (C=O) groups excluding carboxylic acids is 1. The second kappa shape index (κ2) is 9.18.